The topological polar surface area (TPSA) is 21.3 Å². The molecule has 2 heteroatoms. The molecule has 118 valence electrons. The van der Waals surface area contributed by atoms with Gasteiger partial charge in [-0.2, -0.15) is 0 Å². The maximum Gasteiger partial charge on any atom is 0.0692 e. The Morgan fingerprint density at radius 3 is 2.43 bits per heavy atom. The van der Waals surface area contributed by atoms with Crippen LogP contribution in [0, 0.1) is 0 Å². The summed E-state index contributed by atoms with van der Waals surface area (Å²) in [5, 5.41) is 3.82. The van der Waals surface area contributed by atoms with Crippen molar-refractivity contribution in [3.63, 3.8) is 0 Å². The molecule has 1 heterocycles. The van der Waals surface area contributed by atoms with E-state index in [1.807, 2.05) is 0 Å². The second kappa shape index (κ2) is 7.42. The molecular weight excluding hydrogens is 258 g/mol. The molecule has 0 spiro atoms. The Labute approximate surface area is 130 Å². The molecule has 2 atom stereocenters. The summed E-state index contributed by atoms with van der Waals surface area (Å²) in [6.07, 6.45) is 5.59. The molecule has 1 aliphatic rings. The summed E-state index contributed by atoms with van der Waals surface area (Å²) >= 11 is 0. The monoisotopic (exact) mass is 289 g/mol. The number of hydrogen-bond donors (Lipinski definition) is 1. The summed E-state index contributed by atoms with van der Waals surface area (Å²) in [7, 11) is 0. The minimum Gasteiger partial charge on any atom is -0.375 e. The van der Waals surface area contributed by atoms with E-state index >= 15 is 0 Å². The van der Waals surface area contributed by atoms with Crippen molar-refractivity contribution >= 4 is 0 Å². The number of hydrogen-bond acceptors (Lipinski definition) is 2. The van der Waals surface area contributed by atoms with Gasteiger partial charge in [0, 0.05) is 18.7 Å². The molecule has 0 aliphatic carbocycles. The van der Waals surface area contributed by atoms with Crippen molar-refractivity contribution in [2.24, 2.45) is 0 Å². The molecule has 2 unspecified atom stereocenters. The first-order valence-corrected chi connectivity index (χ1v) is 8.61. The zero-order valence-corrected chi connectivity index (χ0v) is 14.1. The largest absolute Gasteiger partial charge is 0.375 e. The Kier molecular flexibility index (Phi) is 5.83. The van der Waals surface area contributed by atoms with Gasteiger partial charge in [-0.3, -0.25) is 0 Å². The van der Waals surface area contributed by atoms with Crippen LogP contribution in [-0.2, 0) is 11.2 Å². The maximum absolute atomic E-state index is 6.07. The quantitative estimate of drug-likeness (QED) is 0.824. The average molecular weight is 289 g/mol. The number of rotatable bonds is 6. The van der Waals surface area contributed by atoms with Crippen LogP contribution in [0.15, 0.2) is 24.3 Å². The van der Waals surface area contributed by atoms with Crippen molar-refractivity contribution in [2.45, 2.75) is 77.5 Å². The Balaban J connectivity index is 1.96. The van der Waals surface area contributed by atoms with Crippen LogP contribution in [0.4, 0.5) is 0 Å². The van der Waals surface area contributed by atoms with Crippen LogP contribution in [-0.4, -0.2) is 18.2 Å². The first-order chi connectivity index (χ1) is 10.1. The Morgan fingerprint density at radius 2 is 1.86 bits per heavy atom. The van der Waals surface area contributed by atoms with Crippen molar-refractivity contribution < 1.29 is 4.74 Å². The van der Waals surface area contributed by atoms with Gasteiger partial charge in [-0.05, 0) is 50.2 Å². The van der Waals surface area contributed by atoms with Gasteiger partial charge < -0.3 is 10.1 Å². The van der Waals surface area contributed by atoms with Crippen molar-refractivity contribution in [1.82, 2.24) is 5.32 Å². The lowest BCUT2D eigenvalue weighted by atomic mass is 9.85. The lowest BCUT2D eigenvalue weighted by Crippen LogP contribution is -2.47. The zero-order chi connectivity index (χ0) is 15.3. The van der Waals surface area contributed by atoms with Gasteiger partial charge in [0.2, 0.25) is 0 Å². The Bertz CT molecular complexity index is 422. The molecule has 1 saturated heterocycles. The highest BCUT2D eigenvalue weighted by atomic mass is 16.5. The van der Waals surface area contributed by atoms with E-state index in [0.717, 1.165) is 38.7 Å². The van der Waals surface area contributed by atoms with Crippen molar-refractivity contribution in [3.05, 3.63) is 35.4 Å². The average Bonchev–Trinajstić information content (AvgIpc) is 2.55. The van der Waals surface area contributed by atoms with E-state index in [0.29, 0.717) is 12.1 Å². The van der Waals surface area contributed by atoms with E-state index in [2.05, 4.69) is 57.3 Å². The molecule has 2 nitrogen and oxygen atoms in total. The number of benzene rings is 1. The molecule has 0 aromatic heterocycles. The van der Waals surface area contributed by atoms with Gasteiger partial charge in [0.05, 0.1) is 5.60 Å². The first-order valence-electron chi connectivity index (χ1n) is 8.61. The van der Waals surface area contributed by atoms with E-state index in [1.54, 1.807) is 0 Å². The highest BCUT2D eigenvalue weighted by Gasteiger charge is 2.34. The third-order valence-electron chi connectivity index (χ3n) is 5.16. The van der Waals surface area contributed by atoms with Crippen LogP contribution < -0.4 is 5.32 Å². The predicted octanol–water partition coefficient (Wildman–Crippen LogP) is 4.64. The number of nitrogens with one attached hydrogen (secondary N) is 1. The van der Waals surface area contributed by atoms with E-state index in [1.165, 1.54) is 11.1 Å². The molecular formula is C19H31NO. The van der Waals surface area contributed by atoms with Gasteiger partial charge in [0.25, 0.3) is 0 Å². The second-order valence-corrected chi connectivity index (χ2v) is 6.41. The molecule has 1 fully saturated rings. The molecule has 1 aromatic carbocycles. The Hall–Kier alpha value is -0.860. The summed E-state index contributed by atoms with van der Waals surface area (Å²) in [5.41, 5.74) is 2.90. The molecule has 0 saturated carbocycles. The Morgan fingerprint density at radius 1 is 1.19 bits per heavy atom. The number of ether oxygens (including phenoxy) is 1. The molecule has 2 rings (SSSR count). The van der Waals surface area contributed by atoms with Crippen LogP contribution in [0.1, 0.15) is 70.5 Å². The van der Waals surface area contributed by atoms with Crippen LogP contribution >= 0.6 is 0 Å². The minimum absolute atomic E-state index is 0.0989. The summed E-state index contributed by atoms with van der Waals surface area (Å²) < 4.78 is 6.07. The third kappa shape index (κ3) is 4.08. The van der Waals surface area contributed by atoms with E-state index < -0.39 is 0 Å². The van der Waals surface area contributed by atoms with Crippen LogP contribution in [0.3, 0.4) is 0 Å². The second-order valence-electron chi connectivity index (χ2n) is 6.41. The van der Waals surface area contributed by atoms with Gasteiger partial charge in [0.1, 0.15) is 0 Å². The highest BCUT2D eigenvalue weighted by Crippen LogP contribution is 2.32. The molecule has 0 radical (unpaired) electrons. The van der Waals surface area contributed by atoms with E-state index in [-0.39, 0.29) is 5.60 Å². The molecule has 21 heavy (non-hydrogen) atoms. The van der Waals surface area contributed by atoms with Gasteiger partial charge in [-0.15, -0.1) is 0 Å². The summed E-state index contributed by atoms with van der Waals surface area (Å²) in [4.78, 5) is 0. The minimum atomic E-state index is 0.0989. The zero-order valence-electron chi connectivity index (χ0n) is 14.1. The first kappa shape index (κ1) is 16.5. The van der Waals surface area contributed by atoms with Gasteiger partial charge >= 0.3 is 0 Å². The molecule has 0 bridgehead atoms. The van der Waals surface area contributed by atoms with Gasteiger partial charge in [-0.1, -0.05) is 45.0 Å². The third-order valence-corrected chi connectivity index (χ3v) is 5.16. The standard InChI is InChI=1S/C19H31NO/c1-5-16-8-10-17(11-9-16)15(4)20-18-12-13-21-19(6-2,7-3)14-18/h8-11,15,18,20H,5-7,12-14H2,1-4H3. The lowest BCUT2D eigenvalue weighted by Gasteiger charge is -2.41. The summed E-state index contributed by atoms with van der Waals surface area (Å²) in [5.74, 6) is 0. The number of aryl methyl sites for hydroxylation is 1. The van der Waals surface area contributed by atoms with Gasteiger partial charge in [0.15, 0.2) is 0 Å². The van der Waals surface area contributed by atoms with E-state index in [9.17, 15) is 0 Å². The lowest BCUT2D eigenvalue weighted by molar-refractivity contribution is -0.0939. The SMILES string of the molecule is CCc1ccc(C(C)NC2CCOC(CC)(CC)C2)cc1. The molecule has 1 aromatic rings. The predicted molar refractivity (Wildman–Crippen MR) is 89.7 cm³/mol. The fourth-order valence-corrected chi connectivity index (χ4v) is 3.40. The molecule has 1 N–H and O–H groups in total. The maximum atomic E-state index is 6.07. The van der Waals surface area contributed by atoms with Crippen LogP contribution in [0.25, 0.3) is 0 Å². The van der Waals surface area contributed by atoms with Crippen molar-refractivity contribution in [1.29, 1.82) is 0 Å². The smallest absolute Gasteiger partial charge is 0.0692 e. The van der Waals surface area contributed by atoms with Crippen molar-refractivity contribution in [2.75, 3.05) is 6.61 Å². The molecule has 1 aliphatic heterocycles. The fourth-order valence-electron chi connectivity index (χ4n) is 3.40. The normalized spacial score (nSPS) is 23.0. The van der Waals surface area contributed by atoms with Crippen LogP contribution in [0.2, 0.25) is 0 Å². The van der Waals surface area contributed by atoms with E-state index in [4.69, 9.17) is 4.74 Å². The van der Waals surface area contributed by atoms with Crippen molar-refractivity contribution in [3.8, 4) is 0 Å². The summed E-state index contributed by atoms with van der Waals surface area (Å²) in [6, 6.07) is 10.0. The van der Waals surface area contributed by atoms with Crippen LogP contribution in [0.5, 0.6) is 0 Å². The van der Waals surface area contributed by atoms with Gasteiger partial charge in [-0.25, -0.2) is 0 Å². The summed E-state index contributed by atoms with van der Waals surface area (Å²) in [6.45, 7) is 9.86. The molecule has 0 amide bonds. The fraction of sp³-hybridized carbons (Fsp3) is 0.684. The highest BCUT2D eigenvalue weighted by molar-refractivity contribution is 5.24.